The van der Waals surface area contributed by atoms with Gasteiger partial charge < -0.3 is 5.32 Å². The number of sulfonamides is 1. The number of amides is 1. The Morgan fingerprint density at radius 2 is 1.72 bits per heavy atom. The van der Waals surface area contributed by atoms with Crippen molar-refractivity contribution in [2.24, 2.45) is 5.92 Å². The third-order valence-electron chi connectivity index (χ3n) is 4.43. The van der Waals surface area contributed by atoms with Gasteiger partial charge in [0.1, 0.15) is 5.82 Å². The van der Waals surface area contributed by atoms with E-state index in [1.807, 2.05) is 0 Å². The van der Waals surface area contributed by atoms with Gasteiger partial charge in [-0.1, -0.05) is 29.8 Å². The molecule has 1 fully saturated rings. The van der Waals surface area contributed by atoms with Crippen molar-refractivity contribution < 1.29 is 13.2 Å². The Labute approximate surface area is 173 Å². The van der Waals surface area contributed by atoms with Crippen LogP contribution in [0.2, 0.25) is 5.15 Å². The predicted molar refractivity (Wildman–Crippen MR) is 111 cm³/mol. The number of hydrogen-bond donors (Lipinski definition) is 2. The molecule has 4 rings (SSSR count). The summed E-state index contributed by atoms with van der Waals surface area (Å²) in [6.07, 6.45) is 4.95. The molecule has 0 radical (unpaired) electrons. The molecule has 2 aromatic heterocycles. The van der Waals surface area contributed by atoms with E-state index in [4.69, 9.17) is 11.6 Å². The lowest BCUT2D eigenvalue weighted by Gasteiger charge is -2.11. The summed E-state index contributed by atoms with van der Waals surface area (Å²) in [5, 5.41) is 2.81. The van der Waals surface area contributed by atoms with Gasteiger partial charge in [-0.05, 0) is 43.2 Å². The lowest BCUT2D eigenvalue weighted by Crippen LogP contribution is -2.14. The third-order valence-corrected chi connectivity index (χ3v) is 6.12. The molecular formula is C20H17ClN4O3S. The van der Waals surface area contributed by atoms with E-state index in [1.165, 1.54) is 18.3 Å². The molecular weight excluding hydrogens is 412 g/mol. The second-order valence-electron chi connectivity index (χ2n) is 6.68. The van der Waals surface area contributed by atoms with Crippen LogP contribution in [0, 0.1) is 5.92 Å². The van der Waals surface area contributed by atoms with Crippen LogP contribution < -0.4 is 10.0 Å². The average molecular weight is 429 g/mol. The summed E-state index contributed by atoms with van der Waals surface area (Å²) in [5.41, 5.74) is 1.51. The minimum atomic E-state index is -3.79. The normalized spacial score (nSPS) is 13.7. The molecule has 0 unspecified atom stereocenters. The van der Waals surface area contributed by atoms with Crippen LogP contribution in [-0.2, 0) is 14.8 Å². The predicted octanol–water partition coefficient (Wildman–Crippen LogP) is 3.95. The van der Waals surface area contributed by atoms with Crippen LogP contribution in [0.1, 0.15) is 12.8 Å². The highest BCUT2D eigenvalue weighted by Gasteiger charge is 2.29. The summed E-state index contributed by atoms with van der Waals surface area (Å²) < 4.78 is 27.6. The summed E-state index contributed by atoms with van der Waals surface area (Å²) in [4.78, 5) is 20.3. The van der Waals surface area contributed by atoms with Crippen LogP contribution in [0.15, 0.2) is 65.8 Å². The quantitative estimate of drug-likeness (QED) is 0.579. The zero-order valence-electron chi connectivity index (χ0n) is 15.2. The first-order chi connectivity index (χ1) is 13.9. The van der Waals surface area contributed by atoms with E-state index in [2.05, 4.69) is 20.0 Å². The molecule has 0 atom stereocenters. The SMILES string of the molecule is O=C(Nc1ccc(-c2cnc(Cl)c(NS(=O)(=O)c3ccccc3)c2)cn1)C1CC1. The van der Waals surface area contributed by atoms with Crippen LogP contribution >= 0.6 is 11.6 Å². The average Bonchev–Trinajstić information content (AvgIpc) is 3.56. The van der Waals surface area contributed by atoms with E-state index in [0.29, 0.717) is 16.9 Å². The molecule has 9 heteroatoms. The van der Waals surface area contributed by atoms with E-state index in [-0.39, 0.29) is 27.6 Å². The minimum absolute atomic E-state index is 0.0176. The summed E-state index contributed by atoms with van der Waals surface area (Å²) in [7, 11) is -3.79. The number of carbonyl (C=O) groups is 1. The van der Waals surface area contributed by atoms with Gasteiger partial charge in [0.2, 0.25) is 5.91 Å². The van der Waals surface area contributed by atoms with Crippen molar-refractivity contribution >= 4 is 39.0 Å². The number of aromatic nitrogens is 2. The molecule has 2 heterocycles. The first-order valence-corrected chi connectivity index (χ1v) is 10.8. The van der Waals surface area contributed by atoms with Crippen LogP contribution in [0.3, 0.4) is 0 Å². The number of rotatable bonds is 6. The lowest BCUT2D eigenvalue weighted by atomic mass is 10.1. The fourth-order valence-electron chi connectivity index (χ4n) is 2.69. The lowest BCUT2D eigenvalue weighted by molar-refractivity contribution is -0.117. The molecule has 1 aliphatic rings. The van der Waals surface area contributed by atoms with E-state index >= 15 is 0 Å². The number of carbonyl (C=O) groups excluding carboxylic acids is 1. The third kappa shape index (κ3) is 4.55. The maximum absolute atomic E-state index is 12.6. The van der Waals surface area contributed by atoms with Gasteiger partial charge in [-0.15, -0.1) is 0 Å². The van der Waals surface area contributed by atoms with E-state index in [0.717, 1.165) is 12.8 Å². The van der Waals surface area contributed by atoms with Gasteiger partial charge in [-0.25, -0.2) is 18.4 Å². The van der Waals surface area contributed by atoms with Crippen molar-refractivity contribution in [1.29, 1.82) is 0 Å². The van der Waals surface area contributed by atoms with Crippen molar-refractivity contribution in [3.63, 3.8) is 0 Å². The number of hydrogen-bond acceptors (Lipinski definition) is 5. The molecule has 0 spiro atoms. The van der Waals surface area contributed by atoms with Crippen LogP contribution in [0.4, 0.5) is 11.5 Å². The van der Waals surface area contributed by atoms with Gasteiger partial charge in [0.05, 0.1) is 10.6 Å². The zero-order chi connectivity index (χ0) is 20.4. The maximum atomic E-state index is 12.6. The number of anilines is 2. The summed E-state index contributed by atoms with van der Waals surface area (Å²) in [5.74, 6) is 0.547. The van der Waals surface area contributed by atoms with Gasteiger partial charge in [0, 0.05) is 29.4 Å². The molecule has 0 bridgehead atoms. The Morgan fingerprint density at radius 1 is 1.00 bits per heavy atom. The zero-order valence-corrected chi connectivity index (χ0v) is 16.7. The molecule has 0 saturated heterocycles. The smallest absolute Gasteiger partial charge is 0.261 e. The largest absolute Gasteiger partial charge is 0.310 e. The molecule has 1 saturated carbocycles. The fraction of sp³-hybridized carbons (Fsp3) is 0.150. The van der Waals surface area contributed by atoms with Crippen molar-refractivity contribution in [2.75, 3.05) is 10.0 Å². The minimum Gasteiger partial charge on any atom is -0.310 e. The van der Waals surface area contributed by atoms with Gasteiger partial charge in [0.15, 0.2) is 5.15 Å². The maximum Gasteiger partial charge on any atom is 0.261 e. The Hall–Kier alpha value is -2.97. The number of benzene rings is 1. The van der Waals surface area contributed by atoms with Gasteiger partial charge >= 0.3 is 0 Å². The Kier molecular flexibility index (Phi) is 5.21. The molecule has 1 amide bonds. The van der Waals surface area contributed by atoms with Gasteiger partial charge in [-0.2, -0.15) is 0 Å². The topological polar surface area (TPSA) is 101 Å². The van der Waals surface area contributed by atoms with Crippen molar-refractivity contribution in [2.45, 2.75) is 17.7 Å². The summed E-state index contributed by atoms with van der Waals surface area (Å²) in [6, 6.07) is 13.1. The van der Waals surface area contributed by atoms with E-state index in [9.17, 15) is 13.2 Å². The molecule has 2 N–H and O–H groups in total. The molecule has 148 valence electrons. The Balaban J connectivity index is 1.56. The molecule has 3 aromatic rings. The highest BCUT2D eigenvalue weighted by atomic mass is 35.5. The second kappa shape index (κ2) is 7.81. The van der Waals surface area contributed by atoms with Crippen LogP contribution in [0.5, 0.6) is 0 Å². The molecule has 29 heavy (non-hydrogen) atoms. The first kappa shape index (κ1) is 19.4. The number of halogens is 1. The van der Waals surface area contributed by atoms with E-state index < -0.39 is 10.0 Å². The van der Waals surface area contributed by atoms with Crippen molar-refractivity contribution in [3.05, 3.63) is 66.1 Å². The van der Waals surface area contributed by atoms with Crippen molar-refractivity contribution in [1.82, 2.24) is 9.97 Å². The van der Waals surface area contributed by atoms with Gasteiger partial charge in [-0.3, -0.25) is 9.52 Å². The second-order valence-corrected chi connectivity index (χ2v) is 8.72. The summed E-state index contributed by atoms with van der Waals surface area (Å²) >= 11 is 6.09. The number of nitrogens with one attached hydrogen (secondary N) is 2. The highest BCUT2D eigenvalue weighted by molar-refractivity contribution is 7.92. The Bertz CT molecular complexity index is 1150. The fourth-order valence-corrected chi connectivity index (χ4v) is 3.98. The standard InChI is InChI=1S/C20H17ClN4O3S/c21-19-17(25-29(27,28)16-4-2-1-3-5-16)10-15(12-23-19)14-8-9-18(22-11-14)24-20(26)13-6-7-13/h1-5,8-13,25H,6-7H2,(H,22,24,26). The van der Waals surface area contributed by atoms with Gasteiger partial charge in [0.25, 0.3) is 10.0 Å². The Morgan fingerprint density at radius 3 is 2.38 bits per heavy atom. The number of nitrogens with zero attached hydrogens (tertiary/aromatic N) is 2. The first-order valence-electron chi connectivity index (χ1n) is 8.93. The molecule has 1 aliphatic carbocycles. The van der Waals surface area contributed by atoms with E-state index in [1.54, 1.807) is 42.6 Å². The van der Waals surface area contributed by atoms with Crippen LogP contribution in [0.25, 0.3) is 11.1 Å². The monoisotopic (exact) mass is 428 g/mol. The molecule has 1 aromatic carbocycles. The van der Waals surface area contributed by atoms with Crippen molar-refractivity contribution in [3.8, 4) is 11.1 Å². The number of pyridine rings is 2. The molecule has 7 nitrogen and oxygen atoms in total. The summed E-state index contributed by atoms with van der Waals surface area (Å²) in [6.45, 7) is 0. The molecule has 0 aliphatic heterocycles. The van der Waals surface area contributed by atoms with Crippen LogP contribution in [-0.4, -0.2) is 24.3 Å². The highest BCUT2D eigenvalue weighted by Crippen LogP contribution is 2.31.